The minimum atomic E-state index is -4.55. The van der Waals surface area contributed by atoms with E-state index in [4.69, 9.17) is 4.74 Å². The summed E-state index contributed by atoms with van der Waals surface area (Å²) in [6.07, 6.45) is 0.362. The maximum atomic E-state index is 13.4. The molecule has 5 rings (SSSR count). The zero-order valence-corrected chi connectivity index (χ0v) is 20.7. The second-order valence-electron chi connectivity index (χ2n) is 8.90. The Bertz CT molecular complexity index is 1450. The number of nitrogens with one attached hydrogen (secondary N) is 3. The maximum absolute atomic E-state index is 13.4. The van der Waals surface area contributed by atoms with E-state index in [-0.39, 0.29) is 17.4 Å². The average molecular weight is 526 g/mol. The molecule has 0 bridgehead atoms. The predicted molar refractivity (Wildman–Crippen MR) is 137 cm³/mol. The SMILES string of the molecule is COc1cc(Nc2ncc(-c3cnn(C(C)O)c3)c(Nc3ccc4c(c3)CNCC4)n2)cc(C(F)(F)F)c1. The van der Waals surface area contributed by atoms with Gasteiger partial charge in [0.15, 0.2) is 0 Å². The number of hydrogen-bond acceptors (Lipinski definition) is 8. The van der Waals surface area contributed by atoms with Crippen molar-refractivity contribution < 1.29 is 23.0 Å². The van der Waals surface area contributed by atoms with Crippen LogP contribution in [-0.4, -0.2) is 38.5 Å². The number of halogens is 3. The number of rotatable bonds is 7. The highest BCUT2D eigenvalue weighted by atomic mass is 19.4. The van der Waals surface area contributed by atoms with Gasteiger partial charge in [0.1, 0.15) is 17.8 Å². The molecule has 9 nitrogen and oxygen atoms in total. The lowest BCUT2D eigenvalue weighted by Gasteiger charge is -2.19. The van der Waals surface area contributed by atoms with Crippen molar-refractivity contribution in [2.24, 2.45) is 0 Å². The highest BCUT2D eigenvalue weighted by Crippen LogP contribution is 2.35. The van der Waals surface area contributed by atoms with Gasteiger partial charge >= 0.3 is 6.18 Å². The standard InChI is InChI=1S/C26H26F3N7O2/c1-15(37)36-14-18(12-32-36)23-13-31-25(34-21-8-19(26(27,28)29)9-22(10-21)38-2)35-24(23)33-20-4-3-16-5-6-30-11-17(16)7-20/h3-4,7-10,12-15,30,37H,5-6,11H2,1-2H3,(H2,31,33,34,35). The van der Waals surface area contributed by atoms with Gasteiger partial charge in [-0.25, -0.2) is 9.67 Å². The molecule has 3 heterocycles. The number of alkyl halides is 3. The highest BCUT2D eigenvalue weighted by molar-refractivity contribution is 5.78. The Labute approximate surface area is 216 Å². The van der Waals surface area contributed by atoms with Gasteiger partial charge < -0.3 is 25.8 Å². The van der Waals surface area contributed by atoms with Crippen molar-refractivity contribution >= 4 is 23.1 Å². The molecule has 1 atom stereocenters. The molecule has 198 valence electrons. The van der Waals surface area contributed by atoms with Crippen LogP contribution in [0.3, 0.4) is 0 Å². The first kappa shape index (κ1) is 25.5. The van der Waals surface area contributed by atoms with Gasteiger partial charge in [0.25, 0.3) is 0 Å². The third-order valence-corrected chi connectivity index (χ3v) is 6.17. The number of methoxy groups -OCH3 is 1. The molecule has 4 aromatic rings. The van der Waals surface area contributed by atoms with Crippen LogP contribution in [-0.2, 0) is 19.1 Å². The molecule has 0 radical (unpaired) electrons. The number of anilines is 4. The second kappa shape index (κ2) is 10.3. The third-order valence-electron chi connectivity index (χ3n) is 6.17. The summed E-state index contributed by atoms with van der Waals surface area (Å²) in [5.74, 6) is 0.543. The van der Waals surface area contributed by atoms with Crippen molar-refractivity contribution in [3.05, 3.63) is 71.7 Å². The molecule has 0 amide bonds. The van der Waals surface area contributed by atoms with Gasteiger partial charge in [0, 0.05) is 47.5 Å². The summed E-state index contributed by atoms with van der Waals surface area (Å²) in [5.41, 5.74) is 3.76. The van der Waals surface area contributed by atoms with Crippen LogP contribution in [0.15, 0.2) is 55.0 Å². The number of fused-ring (bicyclic) bond motifs is 1. The van der Waals surface area contributed by atoms with Crippen molar-refractivity contribution in [3.8, 4) is 16.9 Å². The first-order valence-corrected chi connectivity index (χ1v) is 11.9. The molecule has 2 aromatic carbocycles. The lowest BCUT2D eigenvalue weighted by Crippen LogP contribution is -2.23. The number of aliphatic hydroxyl groups excluding tert-OH is 1. The summed E-state index contributed by atoms with van der Waals surface area (Å²) in [6, 6.07) is 9.39. The van der Waals surface area contributed by atoms with E-state index in [2.05, 4.69) is 37.1 Å². The van der Waals surface area contributed by atoms with Crippen molar-refractivity contribution in [2.75, 3.05) is 24.3 Å². The van der Waals surface area contributed by atoms with E-state index in [0.29, 0.717) is 16.9 Å². The zero-order valence-electron chi connectivity index (χ0n) is 20.7. The Balaban J connectivity index is 1.52. The molecule has 2 aromatic heterocycles. The Morgan fingerprint density at radius 1 is 1.08 bits per heavy atom. The first-order chi connectivity index (χ1) is 18.2. The summed E-state index contributed by atoms with van der Waals surface area (Å²) in [5, 5.41) is 23.6. The van der Waals surface area contributed by atoms with E-state index in [0.717, 1.165) is 37.3 Å². The van der Waals surface area contributed by atoms with Gasteiger partial charge in [0.05, 0.1) is 18.9 Å². The maximum Gasteiger partial charge on any atom is 0.416 e. The van der Waals surface area contributed by atoms with Crippen molar-refractivity contribution in [3.63, 3.8) is 0 Å². The number of nitrogens with zero attached hydrogens (tertiary/aromatic N) is 4. The van der Waals surface area contributed by atoms with Crippen LogP contribution in [0.4, 0.5) is 36.3 Å². The van der Waals surface area contributed by atoms with Crippen LogP contribution in [0.2, 0.25) is 0 Å². The van der Waals surface area contributed by atoms with Gasteiger partial charge in [-0.05, 0) is 55.3 Å². The first-order valence-electron chi connectivity index (χ1n) is 11.9. The quantitative estimate of drug-likeness (QED) is 0.267. The fourth-order valence-electron chi connectivity index (χ4n) is 4.21. The Kier molecular flexibility index (Phi) is 6.91. The predicted octanol–water partition coefficient (Wildman–Crippen LogP) is 5.01. The van der Waals surface area contributed by atoms with Crippen LogP contribution in [0.1, 0.15) is 29.8 Å². The monoisotopic (exact) mass is 525 g/mol. The van der Waals surface area contributed by atoms with Crippen LogP contribution >= 0.6 is 0 Å². The van der Waals surface area contributed by atoms with Crippen LogP contribution in [0.25, 0.3) is 11.1 Å². The van der Waals surface area contributed by atoms with Crippen LogP contribution in [0, 0.1) is 0 Å². The van der Waals surface area contributed by atoms with Gasteiger partial charge in [-0.2, -0.15) is 23.3 Å². The molecule has 4 N–H and O–H groups in total. The third kappa shape index (κ3) is 5.55. The summed E-state index contributed by atoms with van der Waals surface area (Å²) < 4.78 is 46.6. The van der Waals surface area contributed by atoms with E-state index in [1.54, 1.807) is 25.5 Å². The largest absolute Gasteiger partial charge is 0.497 e. The van der Waals surface area contributed by atoms with Gasteiger partial charge in [-0.15, -0.1) is 0 Å². The molecule has 38 heavy (non-hydrogen) atoms. The van der Waals surface area contributed by atoms with E-state index in [1.165, 1.54) is 29.0 Å². The normalized spacial score (nSPS) is 14.1. The second-order valence-corrected chi connectivity index (χ2v) is 8.90. The fraction of sp³-hybridized carbons (Fsp3) is 0.269. The van der Waals surface area contributed by atoms with Gasteiger partial charge in [0.2, 0.25) is 5.95 Å². The highest BCUT2D eigenvalue weighted by Gasteiger charge is 2.31. The molecule has 1 aliphatic heterocycles. The van der Waals surface area contributed by atoms with E-state index >= 15 is 0 Å². The van der Waals surface area contributed by atoms with Crippen LogP contribution in [0.5, 0.6) is 5.75 Å². The smallest absolute Gasteiger partial charge is 0.416 e. The molecule has 12 heteroatoms. The van der Waals surface area contributed by atoms with E-state index < -0.39 is 18.0 Å². The number of aromatic nitrogens is 4. The fourth-order valence-corrected chi connectivity index (χ4v) is 4.21. The lowest BCUT2D eigenvalue weighted by atomic mass is 10.0. The molecule has 0 saturated heterocycles. The number of ether oxygens (including phenoxy) is 1. The minimum absolute atomic E-state index is 0.0468. The topological polar surface area (TPSA) is 109 Å². The Morgan fingerprint density at radius 2 is 1.92 bits per heavy atom. The zero-order chi connectivity index (χ0) is 26.9. The van der Waals surface area contributed by atoms with Crippen molar-refractivity contribution in [2.45, 2.75) is 32.3 Å². The lowest BCUT2D eigenvalue weighted by molar-refractivity contribution is -0.137. The molecule has 1 unspecified atom stereocenters. The molecular weight excluding hydrogens is 499 g/mol. The van der Waals surface area contributed by atoms with Crippen molar-refractivity contribution in [1.82, 2.24) is 25.1 Å². The Morgan fingerprint density at radius 3 is 2.66 bits per heavy atom. The molecule has 0 aliphatic carbocycles. The minimum Gasteiger partial charge on any atom is -0.497 e. The van der Waals surface area contributed by atoms with Gasteiger partial charge in [-0.1, -0.05) is 6.07 Å². The molecule has 0 spiro atoms. The van der Waals surface area contributed by atoms with Crippen molar-refractivity contribution in [1.29, 1.82) is 0 Å². The molecule has 0 saturated carbocycles. The number of aliphatic hydroxyl groups is 1. The summed E-state index contributed by atoms with van der Waals surface area (Å²) in [4.78, 5) is 8.91. The van der Waals surface area contributed by atoms with E-state index in [9.17, 15) is 18.3 Å². The average Bonchev–Trinajstić information content (AvgIpc) is 3.39. The molecular formula is C26H26F3N7O2. The van der Waals surface area contributed by atoms with Gasteiger partial charge in [-0.3, -0.25) is 0 Å². The van der Waals surface area contributed by atoms with E-state index in [1.807, 2.05) is 12.1 Å². The number of benzene rings is 2. The van der Waals surface area contributed by atoms with Crippen LogP contribution < -0.4 is 20.7 Å². The summed E-state index contributed by atoms with van der Waals surface area (Å²) >= 11 is 0. The number of hydrogen-bond donors (Lipinski definition) is 4. The Hall–Kier alpha value is -4.16. The molecule has 0 fully saturated rings. The summed E-state index contributed by atoms with van der Waals surface area (Å²) in [7, 11) is 1.30. The summed E-state index contributed by atoms with van der Waals surface area (Å²) in [6.45, 7) is 3.27. The molecule has 1 aliphatic rings.